The van der Waals surface area contributed by atoms with Gasteiger partial charge in [0, 0.05) is 11.6 Å². The van der Waals surface area contributed by atoms with Crippen LogP contribution in [0, 0.1) is 18.8 Å². The average Bonchev–Trinajstić information content (AvgIpc) is 3.56. The van der Waals surface area contributed by atoms with Crippen LogP contribution in [0.15, 0.2) is 36.4 Å². The van der Waals surface area contributed by atoms with Gasteiger partial charge in [-0.2, -0.15) is 0 Å². The van der Waals surface area contributed by atoms with Gasteiger partial charge in [0.25, 0.3) is 5.91 Å². The molecule has 3 aliphatic rings. The number of hydrazine groups is 1. The van der Waals surface area contributed by atoms with E-state index in [2.05, 4.69) is 25.5 Å². The summed E-state index contributed by atoms with van der Waals surface area (Å²) in [6.07, 6.45) is 7.23. The summed E-state index contributed by atoms with van der Waals surface area (Å²) in [7, 11) is 0. The van der Waals surface area contributed by atoms with Crippen LogP contribution in [0.25, 0.3) is 0 Å². The summed E-state index contributed by atoms with van der Waals surface area (Å²) in [5.74, 6) is 0.293. The summed E-state index contributed by atoms with van der Waals surface area (Å²) in [6, 6.07) is 7.13. The van der Waals surface area contributed by atoms with E-state index < -0.39 is 0 Å². The second-order valence-corrected chi connectivity index (χ2v) is 8.30. The van der Waals surface area contributed by atoms with Crippen LogP contribution < -0.4 is 15.8 Å². The van der Waals surface area contributed by atoms with Crippen LogP contribution in [-0.4, -0.2) is 32.5 Å². The van der Waals surface area contributed by atoms with Gasteiger partial charge < -0.3 is 9.88 Å². The third-order valence-electron chi connectivity index (χ3n) is 6.15. The highest BCUT2D eigenvalue weighted by atomic mass is 16.2. The molecule has 9 heteroatoms. The Kier molecular flexibility index (Phi) is 4.80. The average molecular weight is 420 g/mol. The monoisotopic (exact) mass is 420 g/mol. The van der Waals surface area contributed by atoms with Crippen LogP contribution in [0.1, 0.15) is 53.7 Å². The van der Waals surface area contributed by atoms with Crippen molar-refractivity contribution in [1.82, 2.24) is 25.5 Å². The van der Waals surface area contributed by atoms with Gasteiger partial charge in [-0.3, -0.25) is 19.8 Å². The van der Waals surface area contributed by atoms with E-state index in [4.69, 9.17) is 0 Å². The second-order valence-electron chi connectivity index (χ2n) is 8.30. The fourth-order valence-corrected chi connectivity index (χ4v) is 4.37. The highest BCUT2D eigenvalue weighted by Crippen LogP contribution is 2.36. The molecule has 1 saturated carbocycles. The second kappa shape index (κ2) is 7.64. The number of aromatic nitrogens is 3. The fraction of sp³-hybridized carbons (Fsp3) is 0.409. The quantitative estimate of drug-likeness (QED) is 0.717. The zero-order valence-corrected chi connectivity index (χ0v) is 17.2. The Balaban J connectivity index is 1.31. The number of hydrogen-bond donors (Lipinski definition) is 2. The van der Waals surface area contributed by atoms with Crippen LogP contribution in [0.5, 0.6) is 0 Å². The first-order chi connectivity index (χ1) is 15.0. The third kappa shape index (κ3) is 3.60. The zero-order valence-electron chi connectivity index (χ0n) is 17.2. The highest BCUT2D eigenvalue weighted by molar-refractivity contribution is 6.05. The fourth-order valence-electron chi connectivity index (χ4n) is 4.37. The molecule has 1 saturated heterocycles. The van der Waals surface area contributed by atoms with Gasteiger partial charge in [0.15, 0.2) is 5.82 Å². The lowest BCUT2D eigenvalue weighted by molar-refractivity contribution is -0.139. The molecule has 2 atom stereocenters. The van der Waals surface area contributed by atoms with Crippen molar-refractivity contribution in [2.75, 3.05) is 5.01 Å². The number of carbonyl (C=O) groups is 3. The van der Waals surface area contributed by atoms with Gasteiger partial charge >= 0.3 is 0 Å². The number of nitrogens with zero attached hydrogens (tertiary/aromatic N) is 4. The Morgan fingerprint density at radius 3 is 2.71 bits per heavy atom. The first kappa shape index (κ1) is 19.5. The predicted octanol–water partition coefficient (Wildman–Crippen LogP) is 1.81. The maximum atomic E-state index is 13.0. The lowest BCUT2D eigenvalue weighted by atomic mass is 9.80. The Morgan fingerprint density at radius 1 is 1.16 bits per heavy atom. The summed E-state index contributed by atoms with van der Waals surface area (Å²) >= 11 is 0. The SMILES string of the molecule is Cc1nnc(CNC(=O)c2cccc(N3NC(=O)[C@H]4CC=CC[C@H]4C3=O)c2)n1C1CC1. The summed E-state index contributed by atoms with van der Waals surface area (Å²) in [5.41, 5.74) is 3.56. The van der Waals surface area contributed by atoms with Crippen LogP contribution in [0.3, 0.4) is 0 Å². The van der Waals surface area contributed by atoms with Crippen molar-refractivity contribution in [1.29, 1.82) is 0 Å². The first-order valence-electron chi connectivity index (χ1n) is 10.6. The molecule has 0 bridgehead atoms. The van der Waals surface area contributed by atoms with Gasteiger partial charge in [0.05, 0.1) is 24.1 Å². The molecule has 0 radical (unpaired) electrons. The van der Waals surface area contributed by atoms with Crippen molar-refractivity contribution >= 4 is 23.4 Å². The molecular weight excluding hydrogens is 396 g/mol. The van der Waals surface area contributed by atoms with Crippen molar-refractivity contribution in [2.45, 2.75) is 45.2 Å². The minimum absolute atomic E-state index is 0.153. The van der Waals surface area contributed by atoms with E-state index in [9.17, 15) is 14.4 Å². The molecule has 31 heavy (non-hydrogen) atoms. The van der Waals surface area contributed by atoms with Gasteiger partial charge in [0.2, 0.25) is 11.8 Å². The molecule has 1 aromatic carbocycles. The van der Waals surface area contributed by atoms with Gasteiger partial charge in [-0.1, -0.05) is 18.2 Å². The maximum absolute atomic E-state index is 13.0. The molecule has 2 aliphatic carbocycles. The highest BCUT2D eigenvalue weighted by Gasteiger charge is 2.42. The predicted molar refractivity (Wildman–Crippen MR) is 112 cm³/mol. The lowest BCUT2D eigenvalue weighted by Crippen LogP contribution is -2.59. The molecule has 0 spiro atoms. The van der Waals surface area contributed by atoms with E-state index in [-0.39, 0.29) is 36.1 Å². The molecule has 0 unspecified atom stereocenters. The Morgan fingerprint density at radius 2 is 1.94 bits per heavy atom. The van der Waals surface area contributed by atoms with Crippen molar-refractivity contribution in [3.63, 3.8) is 0 Å². The maximum Gasteiger partial charge on any atom is 0.251 e. The van der Waals surface area contributed by atoms with Crippen molar-refractivity contribution in [3.8, 4) is 0 Å². The number of anilines is 1. The number of nitrogens with one attached hydrogen (secondary N) is 2. The van der Waals surface area contributed by atoms with E-state index in [0.717, 1.165) is 24.5 Å². The Hall–Kier alpha value is -3.49. The van der Waals surface area contributed by atoms with Gasteiger partial charge in [-0.15, -0.1) is 10.2 Å². The minimum Gasteiger partial charge on any atom is -0.345 e. The van der Waals surface area contributed by atoms with Crippen LogP contribution in [-0.2, 0) is 16.1 Å². The first-order valence-corrected chi connectivity index (χ1v) is 10.6. The molecule has 2 aromatic rings. The van der Waals surface area contributed by atoms with Crippen LogP contribution in [0.4, 0.5) is 5.69 Å². The molecule has 2 heterocycles. The normalized spacial score (nSPS) is 22.8. The standard InChI is InChI=1S/C22H24N6O3/c1-13-24-25-19(27(13)15-9-10-15)12-23-20(29)14-5-4-6-16(11-14)28-22(31)18-8-3-2-7-17(18)21(30)26-28/h2-6,11,15,17-18H,7-10,12H2,1H3,(H,23,29)(H,26,30)/t17-,18+/m0/s1. The molecule has 2 fully saturated rings. The topological polar surface area (TPSA) is 109 Å². The number of amides is 3. The lowest BCUT2D eigenvalue weighted by Gasteiger charge is -2.38. The van der Waals surface area contributed by atoms with E-state index in [1.54, 1.807) is 24.3 Å². The molecule has 1 aliphatic heterocycles. The molecule has 2 N–H and O–H groups in total. The summed E-state index contributed by atoms with van der Waals surface area (Å²) < 4.78 is 2.08. The zero-order chi connectivity index (χ0) is 21.5. The number of carbonyl (C=O) groups excluding carboxylic acids is 3. The van der Waals surface area contributed by atoms with Crippen LogP contribution in [0.2, 0.25) is 0 Å². The molecule has 9 nitrogen and oxygen atoms in total. The number of rotatable bonds is 5. The van der Waals surface area contributed by atoms with Crippen molar-refractivity contribution in [2.24, 2.45) is 11.8 Å². The van der Waals surface area contributed by atoms with Crippen molar-refractivity contribution in [3.05, 3.63) is 53.6 Å². The number of allylic oxidation sites excluding steroid dienone is 2. The molecule has 1 aromatic heterocycles. The van der Waals surface area contributed by atoms with Gasteiger partial charge in [0.1, 0.15) is 5.82 Å². The van der Waals surface area contributed by atoms with E-state index in [1.807, 2.05) is 19.1 Å². The molecule has 5 rings (SSSR count). The molecular formula is C22H24N6O3. The van der Waals surface area contributed by atoms with E-state index >= 15 is 0 Å². The minimum atomic E-state index is -0.367. The number of benzene rings is 1. The third-order valence-corrected chi connectivity index (χ3v) is 6.15. The van der Waals surface area contributed by atoms with Gasteiger partial charge in [-0.05, 0) is 50.8 Å². The Labute approximate surface area is 179 Å². The van der Waals surface area contributed by atoms with E-state index in [0.29, 0.717) is 30.1 Å². The number of fused-ring (bicyclic) bond motifs is 1. The summed E-state index contributed by atoms with van der Waals surface area (Å²) in [6.45, 7) is 2.19. The Bertz CT molecular complexity index is 1090. The largest absolute Gasteiger partial charge is 0.345 e. The number of hydrogen-bond acceptors (Lipinski definition) is 5. The van der Waals surface area contributed by atoms with Crippen molar-refractivity contribution < 1.29 is 14.4 Å². The molecule has 160 valence electrons. The van der Waals surface area contributed by atoms with E-state index in [1.165, 1.54) is 5.01 Å². The van der Waals surface area contributed by atoms with Crippen LogP contribution >= 0.6 is 0 Å². The smallest absolute Gasteiger partial charge is 0.251 e. The van der Waals surface area contributed by atoms with Gasteiger partial charge in [-0.25, -0.2) is 5.01 Å². The number of aryl methyl sites for hydroxylation is 1. The summed E-state index contributed by atoms with van der Waals surface area (Å²) in [5, 5.41) is 12.5. The summed E-state index contributed by atoms with van der Waals surface area (Å²) in [4.78, 5) is 38.2. The molecule has 3 amide bonds.